The molecule has 2 aromatic carbocycles. The van der Waals surface area contributed by atoms with Gasteiger partial charge in [0.1, 0.15) is 5.75 Å². The molecule has 0 atom stereocenters. The van der Waals surface area contributed by atoms with Crippen molar-refractivity contribution in [2.75, 3.05) is 0 Å². The molecule has 0 spiro atoms. The van der Waals surface area contributed by atoms with Gasteiger partial charge in [-0.2, -0.15) is 0 Å². The molecule has 2 aromatic rings. The monoisotopic (exact) mass is 298 g/mol. The molecule has 0 aliphatic rings. The highest BCUT2D eigenvalue weighted by atomic mass is 127. The van der Waals surface area contributed by atoms with Gasteiger partial charge >= 0.3 is 0 Å². The third-order valence-corrected chi connectivity index (χ3v) is 2.65. The molecule has 0 aliphatic carbocycles. The second-order valence-corrected chi connectivity index (χ2v) is 4.08. The van der Waals surface area contributed by atoms with E-state index in [0.717, 1.165) is 10.8 Å². The number of ether oxygens (including phenoxy) is 1. The topological polar surface area (TPSA) is 26.3 Å². The highest BCUT2D eigenvalue weighted by molar-refractivity contribution is 14.1. The van der Waals surface area contributed by atoms with Crippen LogP contribution in [0.2, 0.25) is 0 Å². The summed E-state index contributed by atoms with van der Waals surface area (Å²) in [4.78, 5) is 10.3. The molecule has 2 nitrogen and oxygen atoms in total. The van der Waals surface area contributed by atoms with Gasteiger partial charge in [0.15, 0.2) is 0 Å². The fourth-order valence-corrected chi connectivity index (χ4v) is 1.89. The van der Waals surface area contributed by atoms with Gasteiger partial charge in [0.2, 0.25) is 0 Å². The molecule has 0 radical (unpaired) electrons. The molecule has 0 bridgehead atoms. The van der Waals surface area contributed by atoms with Crippen molar-refractivity contribution in [3.8, 4) is 5.75 Å². The summed E-state index contributed by atoms with van der Waals surface area (Å²) in [6, 6.07) is 11.6. The minimum absolute atomic E-state index is 0.451. The van der Waals surface area contributed by atoms with E-state index in [2.05, 4.69) is 22.6 Å². The summed E-state index contributed by atoms with van der Waals surface area (Å²) in [7, 11) is 0. The first kappa shape index (κ1) is 9.45. The molecule has 14 heavy (non-hydrogen) atoms. The standard InChI is InChI=1S/C11H7IO2/c12-9-4-5-10-8(6-9)2-1-3-11(10)14-7-13/h1-7H. The summed E-state index contributed by atoms with van der Waals surface area (Å²) in [5, 5.41) is 2.04. The van der Waals surface area contributed by atoms with Crippen molar-refractivity contribution < 1.29 is 9.53 Å². The van der Waals surface area contributed by atoms with E-state index in [1.54, 1.807) is 6.07 Å². The van der Waals surface area contributed by atoms with E-state index in [0.29, 0.717) is 12.2 Å². The Kier molecular flexibility index (Phi) is 2.67. The largest absolute Gasteiger partial charge is 0.428 e. The SMILES string of the molecule is O=COc1cccc2cc(I)ccc12. The third-order valence-electron chi connectivity index (χ3n) is 1.98. The average molecular weight is 298 g/mol. The number of hydrogen-bond acceptors (Lipinski definition) is 2. The molecule has 0 heterocycles. The number of fused-ring (bicyclic) bond motifs is 1. The van der Waals surface area contributed by atoms with Crippen molar-refractivity contribution in [3.63, 3.8) is 0 Å². The quantitative estimate of drug-likeness (QED) is 0.629. The zero-order valence-electron chi connectivity index (χ0n) is 7.24. The van der Waals surface area contributed by atoms with Crippen molar-refractivity contribution in [2.45, 2.75) is 0 Å². The van der Waals surface area contributed by atoms with Crippen LogP contribution in [-0.2, 0) is 4.79 Å². The van der Waals surface area contributed by atoms with Crippen LogP contribution in [0.1, 0.15) is 0 Å². The molecule has 0 amide bonds. The lowest BCUT2D eigenvalue weighted by Crippen LogP contribution is -1.89. The summed E-state index contributed by atoms with van der Waals surface area (Å²) < 4.78 is 6.04. The molecule has 0 aliphatic heterocycles. The predicted octanol–water partition coefficient (Wildman–Crippen LogP) is 2.98. The van der Waals surface area contributed by atoms with Crippen LogP contribution < -0.4 is 4.74 Å². The third kappa shape index (κ3) is 1.72. The van der Waals surface area contributed by atoms with Crippen LogP contribution in [0.4, 0.5) is 0 Å². The maximum absolute atomic E-state index is 10.3. The van der Waals surface area contributed by atoms with Crippen LogP contribution in [0.5, 0.6) is 5.75 Å². The minimum atomic E-state index is 0.451. The zero-order chi connectivity index (χ0) is 9.97. The van der Waals surface area contributed by atoms with Gasteiger partial charge < -0.3 is 4.74 Å². The van der Waals surface area contributed by atoms with Crippen LogP contribution in [0, 0.1) is 3.57 Å². The van der Waals surface area contributed by atoms with Gasteiger partial charge in [0.25, 0.3) is 6.47 Å². The van der Waals surface area contributed by atoms with E-state index < -0.39 is 0 Å². The molecular formula is C11H7IO2. The van der Waals surface area contributed by atoms with Crippen molar-refractivity contribution in [1.29, 1.82) is 0 Å². The number of carbonyl (C=O) groups is 1. The maximum atomic E-state index is 10.3. The van der Waals surface area contributed by atoms with Gasteiger partial charge in [-0.05, 0) is 52.2 Å². The first-order valence-corrected chi connectivity index (χ1v) is 5.18. The minimum Gasteiger partial charge on any atom is -0.428 e. The Morgan fingerprint density at radius 2 is 2.07 bits per heavy atom. The van der Waals surface area contributed by atoms with Crippen LogP contribution in [-0.4, -0.2) is 6.47 Å². The smallest absolute Gasteiger partial charge is 0.298 e. The first-order chi connectivity index (χ1) is 6.81. The fraction of sp³-hybridized carbons (Fsp3) is 0. The van der Waals surface area contributed by atoms with Crippen LogP contribution >= 0.6 is 22.6 Å². The van der Waals surface area contributed by atoms with Crippen LogP contribution in [0.25, 0.3) is 10.8 Å². The highest BCUT2D eigenvalue weighted by Gasteiger charge is 2.01. The molecule has 0 fully saturated rings. The summed E-state index contributed by atoms with van der Waals surface area (Å²) in [5.41, 5.74) is 0. The first-order valence-electron chi connectivity index (χ1n) is 4.10. The zero-order valence-corrected chi connectivity index (χ0v) is 9.39. The molecule has 0 saturated heterocycles. The number of benzene rings is 2. The van der Waals surface area contributed by atoms with Crippen molar-refractivity contribution in [1.82, 2.24) is 0 Å². The number of rotatable bonds is 2. The molecular weight excluding hydrogens is 291 g/mol. The summed E-state index contributed by atoms with van der Waals surface area (Å²) in [6.45, 7) is 0.451. The van der Waals surface area contributed by atoms with Gasteiger partial charge in [-0.15, -0.1) is 0 Å². The van der Waals surface area contributed by atoms with Crippen molar-refractivity contribution in [3.05, 3.63) is 40.0 Å². The second kappa shape index (κ2) is 3.96. The van der Waals surface area contributed by atoms with Gasteiger partial charge in [-0.3, -0.25) is 4.79 Å². The molecule has 0 N–H and O–H groups in total. The number of carbonyl (C=O) groups excluding carboxylic acids is 1. The van der Waals surface area contributed by atoms with E-state index >= 15 is 0 Å². The lowest BCUT2D eigenvalue weighted by atomic mass is 10.1. The average Bonchev–Trinajstić information content (AvgIpc) is 2.18. The Hall–Kier alpha value is -1.10. The molecule has 3 heteroatoms. The Balaban J connectivity index is 2.68. The van der Waals surface area contributed by atoms with E-state index in [9.17, 15) is 4.79 Å². The number of hydrogen-bond donors (Lipinski definition) is 0. The summed E-state index contributed by atoms with van der Waals surface area (Å²) in [6.07, 6.45) is 0. The Bertz CT molecular complexity index is 480. The Morgan fingerprint density at radius 3 is 2.86 bits per heavy atom. The summed E-state index contributed by atoms with van der Waals surface area (Å²) >= 11 is 2.25. The molecule has 0 saturated carbocycles. The molecule has 0 unspecified atom stereocenters. The predicted molar refractivity (Wildman–Crippen MR) is 63.4 cm³/mol. The Morgan fingerprint density at radius 1 is 1.21 bits per heavy atom. The van der Waals surface area contributed by atoms with Gasteiger partial charge in [-0.25, -0.2) is 0 Å². The maximum Gasteiger partial charge on any atom is 0.298 e. The lowest BCUT2D eigenvalue weighted by molar-refractivity contribution is -0.120. The Labute approximate surface area is 95.0 Å². The fourth-order valence-electron chi connectivity index (χ4n) is 1.38. The lowest BCUT2D eigenvalue weighted by Gasteiger charge is -2.03. The summed E-state index contributed by atoms with van der Waals surface area (Å²) in [5.74, 6) is 0.605. The van der Waals surface area contributed by atoms with Crippen LogP contribution in [0.3, 0.4) is 0 Å². The molecule has 70 valence electrons. The number of halogens is 1. The second-order valence-electron chi connectivity index (χ2n) is 2.84. The van der Waals surface area contributed by atoms with Crippen molar-refractivity contribution in [2.24, 2.45) is 0 Å². The van der Waals surface area contributed by atoms with Gasteiger partial charge in [0, 0.05) is 8.96 Å². The van der Waals surface area contributed by atoms with E-state index in [1.165, 1.54) is 3.57 Å². The van der Waals surface area contributed by atoms with Crippen LogP contribution in [0.15, 0.2) is 36.4 Å². The van der Waals surface area contributed by atoms with Gasteiger partial charge in [0.05, 0.1) is 0 Å². The van der Waals surface area contributed by atoms with E-state index in [1.807, 2.05) is 30.3 Å². The van der Waals surface area contributed by atoms with E-state index in [4.69, 9.17) is 4.74 Å². The molecule has 0 aromatic heterocycles. The van der Waals surface area contributed by atoms with Gasteiger partial charge in [-0.1, -0.05) is 12.1 Å². The molecule has 2 rings (SSSR count). The normalized spacial score (nSPS) is 10.1. The van der Waals surface area contributed by atoms with Crippen molar-refractivity contribution >= 4 is 39.8 Å². The van der Waals surface area contributed by atoms with E-state index in [-0.39, 0.29) is 0 Å². The highest BCUT2D eigenvalue weighted by Crippen LogP contribution is 2.26.